The van der Waals surface area contributed by atoms with E-state index in [1.54, 1.807) is 0 Å². The molecular weight excluding hydrogens is 332 g/mol. The van der Waals surface area contributed by atoms with Gasteiger partial charge in [-0.2, -0.15) is 4.31 Å². The van der Waals surface area contributed by atoms with Crippen LogP contribution in [0.3, 0.4) is 0 Å². The van der Waals surface area contributed by atoms with Crippen LogP contribution < -0.4 is 0 Å². The van der Waals surface area contributed by atoms with Crippen LogP contribution in [0, 0.1) is 6.92 Å². The van der Waals surface area contributed by atoms with E-state index < -0.39 is 22.5 Å². The molecule has 1 aromatic carbocycles. The average Bonchev–Trinajstić information content (AvgIpc) is 2.45. The summed E-state index contributed by atoms with van der Waals surface area (Å²) in [5.74, 6) is -1.17. The summed E-state index contributed by atoms with van der Waals surface area (Å²) in [6.45, 7) is 4.15. The number of aryl methyl sites for hydroxylation is 1. The number of aliphatic carboxylic acids is 1. The number of nitrogens with zero attached hydrogens (tertiary/aromatic N) is 2. The minimum atomic E-state index is -3.59. The number of morpholine rings is 1. The molecule has 0 amide bonds. The first-order valence-electron chi connectivity index (χ1n) is 7.80. The van der Waals surface area contributed by atoms with Gasteiger partial charge < -0.3 is 9.84 Å². The van der Waals surface area contributed by atoms with E-state index in [0.717, 1.165) is 23.7 Å². The summed E-state index contributed by atoms with van der Waals surface area (Å²) in [5, 5.41) is 8.89. The fourth-order valence-corrected chi connectivity index (χ4v) is 3.58. The third-order valence-corrected chi connectivity index (χ3v) is 5.12. The number of benzene rings is 1. The Morgan fingerprint density at radius 2 is 2.21 bits per heavy atom. The van der Waals surface area contributed by atoms with Crippen LogP contribution in [-0.2, 0) is 26.1 Å². The van der Waals surface area contributed by atoms with Gasteiger partial charge in [0.2, 0.25) is 10.0 Å². The van der Waals surface area contributed by atoms with E-state index in [0.29, 0.717) is 13.2 Å². The molecule has 0 bridgehead atoms. The Morgan fingerprint density at radius 1 is 1.46 bits per heavy atom. The molecule has 1 fully saturated rings. The van der Waals surface area contributed by atoms with Gasteiger partial charge >= 0.3 is 5.97 Å². The van der Waals surface area contributed by atoms with E-state index in [1.165, 1.54) is 11.1 Å². The maximum atomic E-state index is 11.7. The van der Waals surface area contributed by atoms with Crippen LogP contribution in [0.15, 0.2) is 24.3 Å². The number of carbonyl (C=O) groups is 1. The molecule has 0 spiro atoms. The lowest BCUT2D eigenvalue weighted by molar-refractivity contribution is -0.137. The Labute approximate surface area is 142 Å². The molecule has 1 aromatic rings. The molecule has 1 saturated heterocycles. The number of sulfonamides is 1. The fourth-order valence-electron chi connectivity index (χ4n) is 2.80. The van der Waals surface area contributed by atoms with Crippen molar-refractivity contribution in [1.82, 2.24) is 9.21 Å². The second kappa shape index (κ2) is 8.06. The van der Waals surface area contributed by atoms with Crippen molar-refractivity contribution in [3.05, 3.63) is 35.4 Å². The van der Waals surface area contributed by atoms with Crippen LogP contribution >= 0.6 is 0 Å². The Morgan fingerprint density at radius 3 is 2.83 bits per heavy atom. The summed E-state index contributed by atoms with van der Waals surface area (Å²) in [4.78, 5) is 13.1. The quantitative estimate of drug-likeness (QED) is 0.767. The zero-order valence-electron chi connectivity index (χ0n) is 14.0. The van der Waals surface area contributed by atoms with Crippen LogP contribution in [0.1, 0.15) is 11.1 Å². The molecule has 0 radical (unpaired) electrons. The van der Waals surface area contributed by atoms with Crippen LogP contribution in [-0.4, -0.2) is 73.8 Å². The van der Waals surface area contributed by atoms with Gasteiger partial charge in [0, 0.05) is 26.2 Å². The predicted molar refractivity (Wildman–Crippen MR) is 90.2 cm³/mol. The lowest BCUT2D eigenvalue weighted by Crippen LogP contribution is -2.49. The number of hydrogen-bond acceptors (Lipinski definition) is 5. The van der Waals surface area contributed by atoms with Crippen molar-refractivity contribution in [2.24, 2.45) is 0 Å². The first-order valence-corrected chi connectivity index (χ1v) is 9.65. The lowest BCUT2D eigenvalue weighted by atomic mass is 10.1. The predicted octanol–water partition coefficient (Wildman–Crippen LogP) is 0.542. The van der Waals surface area contributed by atoms with E-state index >= 15 is 0 Å². The van der Waals surface area contributed by atoms with Crippen LogP contribution in [0.5, 0.6) is 0 Å². The van der Waals surface area contributed by atoms with Crippen LogP contribution in [0.25, 0.3) is 0 Å². The highest BCUT2D eigenvalue weighted by Gasteiger charge is 2.28. The Balaban J connectivity index is 1.97. The third kappa shape index (κ3) is 5.86. The molecule has 1 aliphatic heterocycles. The minimum absolute atomic E-state index is 0.0510. The highest BCUT2D eigenvalue weighted by atomic mass is 32.2. The zero-order chi connectivity index (χ0) is 17.7. The monoisotopic (exact) mass is 356 g/mol. The second-order valence-electron chi connectivity index (χ2n) is 6.17. The molecule has 1 aliphatic rings. The SMILES string of the molecule is Cc1cccc(CN2CCOC(CN(CC(=O)O)S(C)(=O)=O)C2)c1. The van der Waals surface area contributed by atoms with Crippen molar-refractivity contribution in [1.29, 1.82) is 0 Å². The van der Waals surface area contributed by atoms with Crippen molar-refractivity contribution in [2.45, 2.75) is 19.6 Å². The molecule has 2 rings (SSSR count). The standard InChI is InChI=1S/C16H24N2O5S/c1-13-4-3-5-14(8-13)9-17-6-7-23-15(10-17)11-18(12-16(19)20)24(2,21)22/h3-5,8,15H,6-7,9-12H2,1-2H3,(H,19,20). The molecule has 1 N–H and O–H groups in total. The van der Waals surface area contributed by atoms with Crippen molar-refractivity contribution >= 4 is 16.0 Å². The molecule has 1 atom stereocenters. The smallest absolute Gasteiger partial charge is 0.318 e. The lowest BCUT2D eigenvalue weighted by Gasteiger charge is -2.34. The summed E-state index contributed by atoms with van der Waals surface area (Å²) in [7, 11) is -3.59. The van der Waals surface area contributed by atoms with Gasteiger partial charge in [0.25, 0.3) is 0 Å². The molecule has 0 aliphatic carbocycles. The van der Waals surface area contributed by atoms with Gasteiger partial charge in [-0.3, -0.25) is 9.69 Å². The zero-order valence-corrected chi connectivity index (χ0v) is 14.8. The second-order valence-corrected chi connectivity index (χ2v) is 8.15. The minimum Gasteiger partial charge on any atom is -0.480 e. The molecule has 24 heavy (non-hydrogen) atoms. The maximum absolute atomic E-state index is 11.7. The molecule has 0 aromatic heterocycles. The van der Waals surface area contributed by atoms with Gasteiger partial charge in [-0.1, -0.05) is 29.8 Å². The van der Waals surface area contributed by atoms with Gasteiger partial charge in [-0.15, -0.1) is 0 Å². The van der Waals surface area contributed by atoms with E-state index in [9.17, 15) is 13.2 Å². The van der Waals surface area contributed by atoms with Gasteiger partial charge in [0.1, 0.15) is 6.54 Å². The third-order valence-electron chi connectivity index (χ3n) is 3.90. The van der Waals surface area contributed by atoms with Gasteiger partial charge in [0.05, 0.1) is 19.0 Å². The highest BCUT2D eigenvalue weighted by Crippen LogP contribution is 2.13. The van der Waals surface area contributed by atoms with Gasteiger partial charge in [0.15, 0.2) is 0 Å². The first kappa shape index (κ1) is 18.9. The van der Waals surface area contributed by atoms with Gasteiger partial charge in [-0.05, 0) is 12.5 Å². The van der Waals surface area contributed by atoms with Gasteiger partial charge in [-0.25, -0.2) is 8.42 Å². The number of hydrogen-bond donors (Lipinski definition) is 1. The van der Waals surface area contributed by atoms with Crippen LogP contribution in [0.4, 0.5) is 0 Å². The van der Waals surface area contributed by atoms with Crippen molar-refractivity contribution in [2.75, 3.05) is 39.0 Å². The molecule has 1 heterocycles. The maximum Gasteiger partial charge on any atom is 0.318 e. The van der Waals surface area contributed by atoms with Crippen molar-refractivity contribution in [3.8, 4) is 0 Å². The Hall–Kier alpha value is -1.48. The number of rotatable bonds is 7. The summed E-state index contributed by atoms with van der Waals surface area (Å²) in [6.07, 6.45) is 0.682. The fraction of sp³-hybridized carbons (Fsp3) is 0.562. The first-order chi connectivity index (χ1) is 11.2. The molecular formula is C16H24N2O5S. The normalized spacial score (nSPS) is 19.5. The van der Waals surface area contributed by atoms with E-state index in [4.69, 9.17) is 9.84 Å². The van der Waals surface area contributed by atoms with E-state index in [2.05, 4.69) is 17.0 Å². The summed E-state index contributed by atoms with van der Waals surface area (Å²) in [6, 6.07) is 8.24. The molecule has 0 saturated carbocycles. The summed E-state index contributed by atoms with van der Waals surface area (Å²) >= 11 is 0. The van der Waals surface area contributed by atoms with E-state index in [1.807, 2.05) is 19.1 Å². The molecule has 1 unspecified atom stereocenters. The van der Waals surface area contributed by atoms with Crippen molar-refractivity contribution in [3.63, 3.8) is 0 Å². The number of carboxylic acid groups (broad SMARTS) is 1. The number of ether oxygens (including phenoxy) is 1. The van der Waals surface area contributed by atoms with Crippen molar-refractivity contribution < 1.29 is 23.1 Å². The van der Waals surface area contributed by atoms with E-state index in [-0.39, 0.29) is 12.6 Å². The highest BCUT2D eigenvalue weighted by molar-refractivity contribution is 7.88. The summed E-state index contributed by atoms with van der Waals surface area (Å²) < 4.78 is 30.1. The average molecular weight is 356 g/mol. The van der Waals surface area contributed by atoms with Crippen LogP contribution in [0.2, 0.25) is 0 Å². The molecule has 134 valence electrons. The molecule has 7 nitrogen and oxygen atoms in total. The topological polar surface area (TPSA) is 87.2 Å². The number of carboxylic acids is 1. The summed E-state index contributed by atoms with van der Waals surface area (Å²) in [5.41, 5.74) is 2.39. The molecule has 8 heteroatoms. The Bertz CT molecular complexity index is 677. The Kier molecular flexibility index (Phi) is 6.34. The largest absolute Gasteiger partial charge is 0.480 e.